The summed E-state index contributed by atoms with van der Waals surface area (Å²) >= 11 is 0. The van der Waals surface area contributed by atoms with E-state index in [4.69, 9.17) is 61.8 Å². The lowest BCUT2D eigenvalue weighted by molar-refractivity contribution is -0.307. The number of carbonyl (C=O) groups excluding carboxylic acids is 2. The third-order valence-corrected chi connectivity index (χ3v) is 10.6. The molecule has 5 aliphatic rings. The fourth-order valence-corrected chi connectivity index (χ4v) is 7.34. The van der Waals surface area contributed by atoms with Crippen molar-refractivity contribution in [3.63, 3.8) is 0 Å². The molecule has 0 aromatic heterocycles. The summed E-state index contributed by atoms with van der Waals surface area (Å²) in [5, 5.41) is 88.6. The summed E-state index contributed by atoms with van der Waals surface area (Å²) in [6.07, 6.45) is -23.1. The van der Waals surface area contributed by atoms with Crippen LogP contribution in [0.3, 0.4) is 0 Å². The van der Waals surface area contributed by atoms with Gasteiger partial charge in [-0.3, -0.25) is 4.79 Å². The SMILES string of the molecule is CC(C)(C)OC(=O)N1CC(O)(C(=O)N[C@@H]2C[C@H](N)[C@@H](O[C@H]3O[C@H](CN)[C@@H](O)[C@@H](O)[C@H]3N)[C@H](O[C@@H]3O[C@H](CO)[C@@H](O[C@H]4O[C@@H](CN)[C@@H](O)[C@H](O)[C@H]4N)[C@H]3O)[C@H]2O)C1. The van der Waals surface area contributed by atoms with Gasteiger partial charge < -0.3 is 113 Å². The minimum Gasteiger partial charge on any atom is -0.444 e. The zero-order chi connectivity index (χ0) is 41.6. The molecule has 4 heterocycles. The van der Waals surface area contributed by atoms with Crippen molar-refractivity contribution in [2.75, 3.05) is 32.8 Å². The third kappa shape index (κ3) is 9.23. The molecule has 0 bridgehead atoms. The van der Waals surface area contributed by atoms with Crippen LogP contribution in [0, 0.1) is 0 Å². The van der Waals surface area contributed by atoms with Crippen LogP contribution in [0.5, 0.6) is 0 Å². The van der Waals surface area contributed by atoms with Crippen LogP contribution in [0.4, 0.5) is 4.79 Å². The molecule has 5 rings (SSSR count). The number of hydrogen-bond donors (Lipinski definition) is 14. The minimum absolute atomic E-state index is 0.205. The quantitative estimate of drug-likeness (QED) is 0.0921. The van der Waals surface area contributed by atoms with Gasteiger partial charge in [-0.25, -0.2) is 4.79 Å². The summed E-state index contributed by atoms with van der Waals surface area (Å²) in [7, 11) is 0. The molecule has 0 unspecified atom stereocenters. The van der Waals surface area contributed by atoms with Crippen LogP contribution in [-0.2, 0) is 38.0 Å². The van der Waals surface area contributed by atoms with Crippen molar-refractivity contribution in [1.82, 2.24) is 10.2 Å². The Bertz CT molecular complexity index is 1340. The predicted octanol–water partition coefficient (Wildman–Crippen LogP) is -8.76. The largest absolute Gasteiger partial charge is 0.444 e. The van der Waals surface area contributed by atoms with Gasteiger partial charge in [0.25, 0.3) is 5.91 Å². The Balaban J connectivity index is 1.35. The maximum Gasteiger partial charge on any atom is 0.410 e. The molecule has 4 saturated heterocycles. The third-order valence-electron chi connectivity index (χ3n) is 10.6. The van der Waals surface area contributed by atoms with Crippen molar-refractivity contribution in [2.24, 2.45) is 28.7 Å². The number of amides is 2. The van der Waals surface area contributed by atoms with Gasteiger partial charge in [0, 0.05) is 19.1 Å². The molecule has 5 fully saturated rings. The highest BCUT2D eigenvalue weighted by Crippen LogP contribution is 2.35. The van der Waals surface area contributed by atoms with E-state index in [0.29, 0.717) is 0 Å². The predicted molar refractivity (Wildman–Crippen MR) is 185 cm³/mol. The average Bonchev–Trinajstić information content (AvgIpc) is 3.42. The Morgan fingerprint density at radius 1 is 0.732 bits per heavy atom. The van der Waals surface area contributed by atoms with Gasteiger partial charge in [0.1, 0.15) is 78.8 Å². The monoisotopic (exact) mass is 813 g/mol. The van der Waals surface area contributed by atoms with Crippen molar-refractivity contribution in [1.29, 1.82) is 0 Å². The first-order valence-corrected chi connectivity index (χ1v) is 18.4. The Kier molecular flexibility index (Phi) is 14.2. The number of β-amino-alcohol motifs (C(OH)–C–C–N with tert-alkyl or cyclic N) is 1. The van der Waals surface area contributed by atoms with Gasteiger partial charge in [0.2, 0.25) is 0 Å². The lowest BCUT2D eigenvalue weighted by Crippen LogP contribution is -2.73. The Hall–Kier alpha value is -2.02. The van der Waals surface area contributed by atoms with Crippen molar-refractivity contribution < 1.29 is 83.6 Å². The first kappa shape index (κ1) is 45.1. The van der Waals surface area contributed by atoms with Crippen LogP contribution < -0.4 is 34.0 Å². The van der Waals surface area contributed by atoms with E-state index in [0.717, 1.165) is 4.90 Å². The zero-order valence-corrected chi connectivity index (χ0v) is 31.3. The van der Waals surface area contributed by atoms with Crippen LogP contribution in [0.25, 0.3) is 0 Å². The number of aliphatic hydroxyl groups is 8. The fourth-order valence-electron chi connectivity index (χ4n) is 7.34. The van der Waals surface area contributed by atoms with Gasteiger partial charge in [-0.1, -0.05) is 0 Å². The highest BCUT2D eigenvalue weighted by Gasteiger charge is 2.57. The summed E-state index contributed by atoms with van der Waals surface area (Å²) in [4.78, 5) is 27.0. The molecule has 4 aliphatic heterocycles. The molecule has 24 nitrogen and oxygen atoms in total. The maximum atomic E-state index is 13.4. The second kappa shape index (κ2) is 17.7. The second-order valence-electron chi connectivity index (χ2n) is 16.0. The van der Waals surface area contributed by atoms with E-state index in [1.54, 1.807) is 20.8 Å². The molecule has 1 saturated carbocycles. The van der Waals surface area contributed by atoms with E-state index < -0.39 is 159 Å². The van der Waals surface area contributed by atoms with E-state index in [-0.39, 0.29) is 19.5 Å². The molecule has 19 N–H and O–H groups in total. The molecule has 0 spiro atoms. The van der Waals surface area contributed by atoms with Gasteiger partial charge in [-0.2, -0.15) is 0 Å². The van der Waals surface area contributed by atoms with Crippen LogP contribution in [0.2, 0.25) is 0 Å². The standard InChI is InChI=1S/C32H59N7O17/c1-31(2,3)56-30(48)39-8-32(49,9-39)29(47)38-11-4-10(35)23(53-26-15(36)20(44)18(42)12(5-33)50-26)25(17(11)41)55-28-22(46)24(14(7-40)52-28)54-27-16(37)21(45)19(43)13(6-34)51-27/h10-28,40-46,49H,4-9,33-37H2,1-3H3,(H,38,47)/t10-,11+,12+,13-,14+,15+,16+,17-,18+,19+,20-,21+,22+,23+,24+,25+,26+,27+,28-/m0/s1. The number of nitrogens with one attached hydrogen (secondary N) is 1. The minimum atomic E-state index is -2.06. The molecule has 2 amide bonds. The summed E-state index contributed by atoms with van der Waals surface area (Å²) in [5.74, 6) is -0.954. The van der Waals surface area contributed by atoms with E-state index in [9.17, 15) is 50.4 Å². The number of carbonyl (C=O) groups is 2. The molecule has 0 aromatic rings. The number of rotatable bonds is 11. The molecule has 324 valence electrons. The lowest BCUT2D eigenvalue weighted by Gasteiger charge is -2.49. The van der Waals surface area contributed by atoms with Gasteiger partial charge in [0.15, 0.2) is 24.5 Å². The molecule has 0 radical (unpaired) electrons. The van der Waals surface area contributed by atoms with Crippen molar-refractivity contribution in [2.45, 2.75) is 155 Å². The highest BCUT2D eigenvalue weighted by atomic mass is 16.8. The van der Waals surface area contributed by atoms with Crippen molar-refractivity contribution >= 4 is 12.0 Å². The number of aliphatic hydroxyl groups excluding tert-OH is 7. The molecular formula is C32H59N7O17. The van der Waals surface area contributed by atoms with Gasteiger partial charge in [-0.15, -0.1) is 0 Å². The zero-order valence-electron chi connectivity index (χ0n) is 31.3. The maximum absolute atomic E-state index is 13.4. The summed E-state index contributed by atoms with van der Waals surface area (Å²) < 4.78 is 40.5. The number of ether oxygens (including phenoxy) is 7. The van der Waals surface area contributed by atoms with E-state index in [1.165, 1.54) is 0 Å². The van der Waals surface area contributed by atoms with E-state index in [1.807, 2.05) is 0 Å². The highest BCUT2D eigenvalue weighted by molar-refractivity contribution is 5.89. The van der Waals surface area contributed by atoms with Crippen LogP contribution >= 0.6 is 0 Å². The Morgan fingerprint density at radius 3 is 1.70 bits per heavy atom. The number of nitrogens with two attached hydrogens (primary N) is 5. The van der Waals surface area contributed by atoms with E-state index >= 15 is 0 Å². The molecule has 0 aromatic carbocycles. The summed E-state index contributed by atoms with van der Waals surface area (Å²) in [5.41, 5.74) is 27.2. The lowest BCUT2D eigenvalue weighted by atomic mass is 9.82. The van der Waals surface area contributed by atoms with Gasteiger partial charge in [-0.05, 0) is 27.2 Å². The molecule has 56 heavy (non-hydrogen) atoms. The molecule has 24 heteroatoms. The van der Waals surface area contributed by atoms with Crippen LogP contribution in [0.1, 0.15) is 27.2 Å². The van der Waals surface area contributed by atoms with Crippen LogP contribution in [0.15, 0.2) is 0 Å². The number of nitrogens with zero attached hydrogens (tertiary/aromatic N) is 1. The number of likely N-dealkylation sites (tertiary alicyclic amines) is 1. The molecular weight excluding hydrogens is 754 g/mol. The molecule has 1 aliphatic carbocycles. The van der Waals surface area contributed by atoms with Gasteiger partial charge in [0.05, 0.1) is 37.8 Å². The van der Waals surface area contributed by atoms with Crippen LogP contribution in [-0.4, -0.2) is 218 Å². The molecule has 19 atom stereocenters. The fraction of sp³-hybridized carbons (Fsp3) is 0.938. The first-order valence-electron chi connectivity index (χ1n) is 18.4. The van der Waals surface area contributed by atoms with Gasteiger partial charge >= 0.3 is 6.09 Å². The average molecular weight is 814 g/mol. The Morgan fingerprint density at radius 2 is 1.21 bits per heavy atom. The topological polar surface area (TPSA) is 406 Å². The summed E-state index contributed by atoms with van der Waals surface area (Å²) in [6, 6.07) is -5.06. The first-order chi connectivity index (χ1) is 26.1. The normalized spacial score (nSPS) is 45.6. The Labute approximate surface area is 322 Å². The second-order valence-corrected chi connectivity index (χ2v) is 16.0. The van der Waals surface area contributed by atoms with Crippen molar-refractivity contribution in [3.8, 4) is 0 Å². The van der Waals surface area contributed by atoms with E-state index in [2.05, 4.69) is 5.32 Å². The number of hydrogen-bond acceptors (Lipinski definition) is 22. The smallest absolute Gasteiger partial charge is 0.410 e. The summed E-state index contributed by atoms with van der Waals surface area (Å²) in [6.45, 7) is 2.94. The van der Waals surface area contributed by atoms with Crippen molar-refractivity contribution in [3.05, 3.63) is 0 Å².